The van der Waals surface area contributed by atoms with Crippen LogP contribution in [0.2, 0.25) is 0 Å². The minimum absolute atomic E-state index is 0.520. The molecule has 0 spiro atoms. The van der Waals surface area contributed by atoms with Gasteiger partial charge in [-0.15, -0.1) is 0 Å². The summed E-state index contributed by atoms with van der Waals surface area (Å²) in [7, 11) is 0. The lowest BCUT2D eigenvalue weighted by Gasteiger charge is -2.19. The van der Waals surface area contributed by atoms with Crippen LogP contribution in [0.25, 0.3) is 0 Å². The second-order valence-corrected chi connectivity index (χ2v) is 7.36. The first-order chi connectivity index (χ1) is 10.3. The van der Waals surface area contributed by atoms with Crippen LogP contribution in [0, 0.1) is 11.8 Å². The summed E-state index contributed by atoms with van der Waals surface area (Å²) < 4.78 is 39.1. The molecule has 1 aliphatic rings. The Morgan fingerprint density at radius 1 is 1.23 bits per heavy atom. The van der Waals surface area contributed by atoms with Crippen LogP contribution in [-0.2, 0) is 18.5 Å². The van der Waals surface area contributed by atoms with Crippen molar-refractivity contribution < 1.29 is 13.2 Å². The number of hydrogen-bond donors (Lipinski definition) is 0. The average Bonchev–Trinajstić information content (AvgIpc) is 2.86. The maximum Gasteiger partial charge on any atom is 0.416 e. The monoisotopic (exact) mass is 331 g/mol. The van der Waals surface area contributed by atoms with E-state index < -0.39 is 11.7 Å². The Kier molecular flexibility index (Phi) is 5.83. The molecule has 1 nitrogen and oxygen atoms in total. The zero-order chi connectivity index (χ0) is 16.3. The van der Waals surface area contributed by atoms with Gasteiger partial charge in [0.05, 0.1) is 5.56 Å². The van der Waals surface area contributed by atoms with Crippen molar-refractivity contribution in [3.05, 3.63) is 34.9 Å². The summed E-state index contributed by atoms with van der Waals surface area (Å²) in [6.07, 6.45) is -1.21. The first-order valence-corrected chi connectivity index (χ1v) is 9.10. The van der Waals surface area contributed by atoms with Gasteiger partial charge in [-0.1, -0.05) is 19.9 Å². The number of hydrogen-bond acceptors (Lipinski definition) is 2. The smallest absolute Gasteiger partial charge is 0.299 e. The molecule has 0 radical (unpaired) electrons. The Balaban J connectivity index is 2.14. The van der Waals surface area contributed by atoms with Gasteiger partial charge in [0.25, 0.3) is 0 Å². The first-order valence-electron chi connectivity index (χ1n) is 7.71. The minimum Gasteiger partial charge on any atom is -0.299 e. The molecular formula is C17H24F3NS. The summed E-state index contributed by atoms with van der Waals surface area (Å²) in [6.45, 7) is 7.03. The third-order valence-corrected chi connectivity index (χ3v) is 4.97. The van der Waals surface area contributed by atoms with Gasteiger partial charge in [-0.2, -0.15) is 24.9 Å². The molecule has 22 heavy (non-hydrogen) atoms. The molecule has 0 aromatic heterocycles. The molecule has 2 rings (SSSR count). The summed E-state index contributed by atoms with van der Waals surface area (Å²) in [6, 6.07) is 4.52. The molecule has 1 aromatic carbocycles. The van der Waals surface area contributed by atoms with E-state index >= 15 is 0 Å². The average molecular weight is 331 g/mol. The zero-order valence-electron chi connectivity index (χ0n) is 13.4. The number of alkyl halides is 3. The quantitative estimate of drug-likeness (QED) is 0.743. The van der Waals surface area contributed by atoms with E-state index in [1.54, 1.807) is 11.8 Å². The van der Waals surface area contributed by atoms with Gasteiger partial charge in [0.2, 0.25) is 0 Å². The highest BCUT2D eigenvalue weighted by Crippen LogP contribution is 2.32. The second kappa shape index (κ2) is 7.26. The summed E-state index contributed by atoms with van der Waals surface area (Å²) in [4.78, 5) is 2.28. The summed E-state index contributed by atoms with van der Waals surface area (Å²) in [5.74, 6) is 1.92. The molecule has 0 N–H and O–H groups in total. The van der Waals surface area contributed by atoms with Crippen LogP contribution in [0.5, 0.6) is 0 Å². The highest BCUT2D eigenvalue weighted by atomic mass is 32.2. The summed E-state index contributed by atoms with van der Waals surface area (Å²) in [5, 5.41) is 0. The molecule has 1 atom stereocenters. The van der Waals surface area contributed by atoms with Gasteiger partial charge < -0.3 is 0 Å². The van der Waals surface area contributed by atoms with Crippen LogP contribution in [0.4, 0.5) is 13.2 Å². The SMILES string of the molecule is CSCc1cc(CN2CCC(C(C)C)C2)cc(C(F)(F)F)c1. The molecule has 124 valence electrons. The lowest BCUT2D eigenvalue weighted by Crippen LogP contribution is -2.22. The number of rotatable bonds is 5. The molecule has 1 saturated heterocycles. The number of halogens is 3. The number of benzene rings is 1. The van der Waals surface area contributed by atoms with Gasteiger partial charge >= 0.3 is 6.18 Å². The fourth-order valence-electron chi connectivity index (χ4n) is 3.08. The normalized spacial score (nSPS) is 20.0. The van der Waals surface area contributed by atoms with Gasteiger partial charge in [0.1, 0.15) is 0 Å². The van der Waals surface area contributed by atoms with E-state index in [1.165, 1.54) is 12.1 Å². The van der Waals surface area contributed by atoms with E-state index in [4.69, 9.17) is 0 Å². The third-order valence-electron chi connectivity index (χ3n) is 4.35. The van der Waals surface area contributed by atoms with E-state index in [0.717, 1.165) is 30.6 Å². The van der Waals surface area contributed by atoms with Crippen molar-refractivity contribution in [1.29, 1.82) is 0 Å². The van der Waals surface area contributed by atoms with Crippen LogP contribution in [0.3, 0.4) is 0 Å². The standard InChI is InChI=1S/C17H24F3NS/c1-12(2)15-4-5-21(10-15)9-13-6-14(11-22-3)8-16(7-13)17(18,19)20/h6-8,12,15H,4-5,9-11H2,1-3H3. The number of likely N-dealkylation sites (tertiary alicyclic amines) is 1. The summed E-state index contributed by atoms with van der Waals surface area (Å²) >= 11 is 1.55. The predicted molar refractivity (Wildman–Crippen MR) is 86.9 cm³/mol. The third kappa shape index (κ3) is 4.66. The molecule has 1 heterocycles. The number of nitrogens with zero attached hydrogens (tertiary/aromatic N) is 1. The Labute approximate surface area is 135 Å². The molecule has 1 aromatic rings. The van der Waals surface area contributed by atoms with Gasteiger partial charge in [-0.3, -0.25) is 4.90 Å². The van der Waals surface area contributed by atoms with E-state index in [9.17, 15) is 13.2 Å². The topological polar surface area (TPSA) is 3.24 Å². The lowest BCUT2D eigenvalue weighted by molar-refractivity contribution is -0.137. The largest absolute Gasteiger partial charge is 0.416 e. The van der Waals surface area contributed by atoms with Crippen LogP contribution in [0.15, 0.2) is 18.2 Å². The van der Waals surface area contributed by atoms with E-state index in [2.05, 4.69) is 18.7 Å². The highest BCUT2D eigenvalue weighted by molar-refractivity contribution is 7.97. The van der Waals surface area contributed by atoms with Crippen molar-refractivity contribution in [2.24, 2.45) is 11.8 Å². The summed E-state index contributed by atoms with van der Waals surface area (Å²) in [5.41, 5.74) is 1.02. The maximum absolute atomic E-state index is 13.0. The predicted octanol–water partition coefficient (Wildman–Crippen LogP) is 5.05. The van der Waals surface area contributed by atoms with Crippen LogP contribution in [0.1, 0.15) is 37.0 Å². The van der Waals surface area contributed by atoms with Crippen LogP contribution in [-0.4, -0.2) is 24.2 Å². The van der Waals surface area contributed by atoms with Crippen molar-refractivity contribution in [1.82, 2.24) is 4.90 Å². The van der Waals surface area contributed by atoms with Crippen LogP contribution >= 0.6 is 11.8 Å². The van der Waals surface area contributed by atoms with Crippen molar-refractivity contribution >= 4 is 11.8 Å². The molecule has 1 aliphatic heterocycles. The fourth-order valence-corrected chi connectivity index (χ4v) is 3.58. The Bertz CT molecular complexity index is 499. The van der Waals surface area contributed by atoms with E-state index in [1.807, 2.05) is 12.3 Å². The minimum atomic E-state index is -4.27. The zero-order valence-corrected chi connectivity index (χ0v) is 14.2. The van der Waals surface area contributed by atoms with Gasteiger partial charge in [-0.25, -0.2) is 0 Å². The number of thioether (sulfide) groups is 1. The molecule has 0 aliphatic carbocycles. The molecule has 1 unspecified atom stereocenters. The van der Waals surface area contributed by atoms with Crippen molar-refractivity contribution in [2.45, 2.75) is 38.7 Å². The Morgan fingerprint density at radius 2 is 1.91 bits per heavy atom. The molecular weight excluding hydrogens is 307 g/mol. The fraction of sp³-hybridized carbons (Fsp3) is 0.647. The molecule has 1 fully saturated rings. The van der Waals surface area contributed by atoms with Gasteiger partial charge in [0.15, 0.2) is 0 Å². The second-order valence-electron chi connectivity index (χ2n) is 6.50. The van der Waals surface area contributed by atoms with Crippen molar-refractivity contribution in [3.63, 3.8) is 0 Å². The van der Waals surface area contributed by atoms with Crippen molar-refractivity contribution in [2.75, 3.05) is 19.3 Å². The van der Waals surface area contributed by atoms with E-state index in [-0.39, 0.29) is 0 Å². The maximum atomic E-state index is 13.0. The van der Waals surface area contributed by atoms with Crippen LogP contribution < -0.4 is 0 Å². The molecule has 0 saturated carbocycles. The Morgan fingerprint density at radius 3 is 2.45 bits per heavy atom. The first kappa shape index (κ1) is 17.7. The lowest BCUT2D eigenvalue weighted by atomic mass is 9.95. The van der Waals surface area contributed by atoms with Crippen molar-refractivity contribution in [3.8, 4) is 0 Å². The van der Waals surface area contributed by atoms with Gasteiger partial charge in [-0.05, 0) is 54.3 Å². The van der Waals surface area contributed by atoms with Gasteiger partial charge in [0, 0.05) is 18.8 Å². The molecule has 5 heteroatoms. The molecule has 0 amide bonds. The highest BCUT2D eigenvalue weighted by Gasteiger charge is 2.31. The van der Waals surface area contributed by atoms with E-state index in [0.29, 0.717) is 24.1 Å². The Hall–Kier alpha value is -0.680. The molecule has 0 bridgehead atoms.